The van der Waals surface area contributed by atoms with Crippen molar-refractivity contribution in [2.75, 3.05) is 25.1 Å². The highest BCUT2D eigenvalue weighted by molar-refractivity contribution is 5.96. The fourth-order valence-corrected chi connectivity index (χ4v) is 2.84. The molecule has 1 aromatic carbocycles. The first kappa shape index (κ1) is 27.2. The van der Waals surface area contributed by atoms with E-state index in [4.69, 9.17) is 15.9 Å². The highest BCUT2D eigenvalue weighted by Gasteiger charge is 2.14. The van der Waals surface area contributed by atoms with Gasteiger partial charge in [0.15, 0.2) is 12.0 Å². The lowest BCUT2D eigenvalue weighted by atomic mass is 10.2. The van der Waals surface area contributed by atoms with Gasteiger partial charge in [0.05, 0.1) is 17.6 Å². The Morgan fingerprint density at radius 2 is 1.81 bits per heavy atom. The van der Waals surface area contributed by atoms with Crippen molar-refractivity contribution in [1.29, 1.82) is 0 Å². The van der Waals surface area contributed by atoms with Crippen LogP contribution in [0.25, 0.3) is 17.1 Å². The summed E-state index contributed by atoms with van der Waals surface area (Å²) >= 11 is 0. The van der Waals surface area contributed by atoms with Crippen LogP contribution in [0.15, 0.2) is 59.5 Å². The quantitative estimate of drug-likeness (QED) is 0.294. The number of rotatable bonds is 6. The fraction of sp³-hybridized carbons (Fsp3) is 0.167. The third-order valence-corrected chi connectivity index (χ3v) is 4.51. The van der Waals surface area contributed by atoms with Crippen LogP contribution in [0.2, 0.25) is 0 Å². The van der Waals surface area contributed by atoms with E-state index in [1.165, 1.54) is 10.9 Å². The lowest BCUT2D eigenvalue weighted by molar-refractivity contribution is 0.0961. The minimum atomic E-state index is -0.602. The molecule has 0 radical (unpaired) electrons. The highest BCUT2D eigenvalue weighted by atomic mass is 16.3. The van der Waals surface area contributed by atoms with Gasteiger partial charge >= 0.3 is 0 Å². The second-order valence-electron chi connectivity index (χ2n) is 6.74. The molecular weight excluding hydrogens is 464 g/mol. The number of aromatic nitrogens is 4. The number of hydrogen-bond acceptors (Lipinski definition) is 9. The normalized spacial score (nSPS) is 9.67. The lowest BCUT2D eigenvalue weighted by Crippen LogP contribution is -2.17. The van der Waals surface area contributed by atoms with Crippen LogP contribution in [0.4, 0.5) is 11.5 Å². The molecule has 2 amide bonds. The van der Waals surface area contributed by atoms with E-state index in [0.29, 0.717) is 34.8 Å². The van der Waals surface area contributed by atoms with Gasteiger partial charge in [-0.25, -0.2) is 14.6 Å². The highest BCUT2D eigenvalue weighted by Crippen LogP contribution is 2.19. The molecule has 0 saturated carbocycles. The van der Waals surface area contributed by atoms with Crippen molar-refractivity contribution in [3.63, 3.8) is 0 Å². The molecule has 0 aliphatic heterocycles. The minimum Gasteiger partial charge on any atom is -0.444 e. The van der Waals surface area contributed by atoms with E-state index < -0.39 is 5.91 Å². The smallest absolute Gasteiger partial charge is 0.271 e. The standard InChI is InChI=1S/C13H15N5O2.C9H7N3O2.C2H6/c1-15-10-7-18(17-11(10)12(14)19)9-5-3-8(4-6-9)13(20)16-2;10-8-3-6(1-2-11-8)9-12-7(4-13)5-14-9;1-2/h3-7,15H,1-2H3,(H2,14,19)(H,16,20);1-5H,(H2,10,11);1-2H3. The van der Waals surface area contributed by atoms with Gasteiger partial charge in [-0.1, -0.05) is 13.8 Å². The molecule has 0 fully saturated rings. The van der Waals surface area contributed by atoms with Gasteiger partial charge in [0.2, 0.25) is 5.89 Å². The third kappa shape index (κ3) is 6.76. The van der Waals surface area contributed by atoms with Crippen LogP contribution in [0.3, 0.4) is 0 Å². The monoisotopic (exact) mass is 492 g/mol. The number of aldehydes is 1. The Morgan fingerprint density at radius 3 is 2.31 bits per heavy atom. The molecule has 12 heteroatoms. The maximum Gasteiger partial charge on any atom is 0.271 e. The SMILES string of the molecule is CC.CNC(=O)c1ccc(-n2cc(NC)c(C(N)=O)n2)cc1.Nc1cc(-c2nc(C=O)co2)ccn1. The number of oxazole rings is 1. The molecule has 0 unspecified atom stereocenters. The molecule has 6 N–H and O–H groups in total. The summed E-state index contributed by atoms with van der Waals surface area (Å²) in [6.07, 6.45) is 5.13. The summed E-state index contributed by atoms with van der Waals surface area (Å²) in [5.74, 6) is -0.0182. The Morgan fingerprint density at radius 1 is 1.11 bits per heavy atom. The molecule has 36 heavy (non-hydrogen) atoms. The van der Waals surface area contributed by atoms with Crippen LogP contribution < -0.4 is 22.1 Å². The average molecular weight is 493 g/mol. The van der Waals surface area contributed by atoms with E-state index in [9.17, 15) is 14.4 Å². The van der Waals surface area contributed by atoms with Crippen molar-refractivity contribution < 1.29 is 18.8 Å². The Balaban J connectivity index is 0.000000250. The maximum absolute atomic E-state index is 11.5. The van der Waals surface area contributed by atoms with Crippen molar-refractivity contribution >= 4 is 29.6 Å². The molecule has 0 aliphatic carbocycles. The van der Waals surface area contributed by atoms with E-state index >= 15 is 0 Å². The molecule has 188 valence electrons. The molecule has 3 heterocycles. The van der Waals surface area contributed by atoms with E-state index in [0.717, 1.165) is 5.69 Å². The third-order valence-electron chi connectivity index (χ3n) is 4.51. The van der Waals surface area contributed by atoms with Gasteiger partial charge in [0, 0.05) is 31.4 Å². The number of primary amides is 1. The first-order valence-electron chi connectivity index (χ1n) is 10.9. The van der Waals surface area contributed by atoms with Gasteiger partial charge in [-0.2, -0.15) is 5.10 Å². The van der Waals surface area contributed by atoms with Gasteiger partial charge < -0.3 is 26.5 Å². The summed E-state index contributed by atoms with van der Waals surface area (Å²) in [5, 5.41) is 9.53. The van der Waals surface area contributed by atoms with Crippen LogP contribution in [0.1, 0.15) is 45.2 Å². The first-order chi connectivity index (χ1) is 17.4. The Bertz CT molecular complexity index is 1310. The molecule has 0 atom stereocenters. The number of nitrogens with zero attached hydrogens (tertiary/aromatic N) is 4. The summed E-state index contributed by atoms with van der Waals surface area (Å²) in [4.78, 5) is 40.8. The van der Waals surface area contributed by atoms with E-state index in [-0.39, 0.29) is 17.3 Å². The van der Waals surface area contributed by atoms with Gasteiger partial charge in [-0.15, -0.1) is 0 Å². The molecule has 0 spiro atoms. The molecule has 4 aromatic rings. The summed E-state index contributed by atoms with van der Waals surface area (Å²) in [7, 11) is 3.25. The zero-order chi connectivity index (χ0) is 26.7. The molecule has 12 nitrogen and oxygen atoms in total. The number of pyridine rings is 1. The predicted molar refractivity (Wildman–Crippen MR) is 136 cm³/mol. The van der Waals surface area contributed by atoms with Crippen molar-refractivity contribution in [3.05, 3.63) is 72.0 Å². The van der Waals surface area contributed by atoms with Crippen LogP contribution >= 0.6 is 0 Å². The number of nitrogens with two attached hydrogens (primary N) is 2. The van der Waals surface area contributed by atoms with Crippen LogP contribution in [-0.2, 0) is 0 Å². The van der Waals surface area contributed by atoms with Crippen molar-refractivity contribution in [3.8, 4) is 17.1 Å². The molecule has 4 rings (SSSR count). The van der Waals surface area contributed by atoms with Crippen LogP contribution in [0.5, 0.6) is 0 Å². The number of carbonyl (C=O) groups is 3. The molecule has 0 bridgehead atoms. The second kappa shape index (κ2) is 13.0. The number of nitrogens with one attached hydrogen (secondary N) is 2. The molecule has 3 aromatic heterocycles. The molecule has 0 aliphatic rings. The van der Waals surface area contributed by atoms with Crippen molar-refractivity contribution in [1.82, 2.24) is 25.1 Å². The first-order valence-corrected chi connectivity index (χ1v) is 10.9. The number of hydrogen-bond donors (Lipinski definition) is 4. The summed E-state index contributed by atoms with van der Waals surface area (Å²) in [6.45, 7) is 4.00. The Labute approximate surface area is 207 Å². The maximum atomic E-state index is 11.5. The predicted octanol–water partition coefficient (Wildman–Crippen LogP) is 2.53. The van der Waals surface area contributed by atoms with Crippen molar-refractivity contribution in [2.24, 2.45) is 5.73 Å². The topological polar surface area (TPSA) is 184 Å². The average Bonchev–Trinajstić information content (AvgIpc) is 3.57. The lowest BCUT2D eigenvalue weighted by Gasteiger charge is -2.03. The number of amides is 2. The summed E-state index contributed by atoms with van der Waals surface area (Å²) in [6, 6.07) is 10.2. The van der Waals surface area contributed by atoms with Crippen LogP contribution in [-0.4, -0.2) is 51.9 Å². The Kier molecular flexibility index (Phi) is 9.86. The summed E-state index contributed by atoms with van der Waals surface area (Å²) < 4.78 is 6.60. The number of nitrogen functional groups attached to an aromatic ring is 1. The minimum absolute atomic E-state index is 0.161. The largest absolute Gasteiger partial charge is 0.444 e. The second-order valence-corrected chi connectivity index (χ2v) is 6.74. The zero-order valence-corrected chi connectivity index (χ0v) is 20.4. The van der Waals surface area contributed by atoms with E-state index in [1.807, 2.05) is 13.8 Å². The van der Waals surface area contributed by atoms with E-state index in [2.05, 4.69) is 25.7 Å². The zero-order valence-electron chi connectivity index (χ0n) is 20.4. The van der Waals surface area contributed by atoms with Crippen LogP contribution in [0, 0.1) is 0 Å². The van der Waals surface area contributed by atoms with Gasteiger partial charge in [-0.3, -0.25) is 14.4 Å². The Hall–Kier alpha value is -5.00. The van der Waals surface area contributed by atoms with Gasteiger partial charge in [0.25, 0.3) is 11.8 Å². The van der Waals surface area contributed by atoms with E-state index in [1.54, 1.807) is 62.9 Å². The number of anilines is 2. The molecule has 0 saturated heterocycles. The number of carbonyl (C=O) groups excluding carboxylic acids is 3. The fourth-order valence-electron chi connectivity index (χ4n) is 2.84. The van der Waals surface area contributed by atoms with Gasteiger partial charge in [0.1, 0.15) is 17.8 Å². The van der Waals surface area contributed by atoms with Crippen molar-refractivity contribution in [2.45, 2.75) is 13.8 Å². The summed E-state index contributed by atoms with van der Waals surface area (Å²) in [5.41, 5.74) is 13.7. The van der Waals surface area contributed by atoms with Gasteiger partial charge in [-0.05, 0) is 36.4 Å². The molecular formula is C24H28N8O4. The number of benzene rings is 1.